The number of nitrogens with zero attached hydrogens (tertiary/aromatic N) is 2. The highest BCUT2D eigenvalue weighted by molar-refractivity contribution is 9.10. The first kappa shape index (κ1) is 14.2. The molecule has 114 valence electrons. The number of piperidine rings is 1. The van der Waals surface area contributed by atoms with E-state index >= 15 is 0 Å². The molecule has 2 atom stereocenters. The minimum absolute atomic E-state index is 0.277. The number of benzene rings is 1. The van der Waals surface area contributed by atoms with Crippen LogP contribution in [0.3, 0.4) is 0 Å². The fourth-order valence-corrected chi connectivity index (χ4v) is 4.15. The van der Waals surface area contributed by atoms with Crippen molar-refractivity contribution in [2.24, 2.45) is 5.92 Å². The normalized spacial score (nSPS) is 26.9. The van der Waals surface area contributed by atoms with Gasteiger partial charge in [-0.3, -0.25) is 9.88 Å². The number of aromatic nitrogens is 1. The van der Waals surface area contributed by atoms with Gasteiger partial charge in [-0.25, -0.2) is 0 Å². The van der Waals surface area contributed by atoms with Crippen LogP contribution in [0.5, 0.6) is 5.75 Å². The largest absolute Gasteiger partial charge is 0.506 e. The Kier molecular flexibility index (Phi) is 3.27. The number of likely N-dealkylation sites (tertiary alicyclic amines) is 1. The first-order chi connectivity index (χ1) is 10.6. The lowest BCUT2D eigenvalue weighted by atomic mass is 9.94. The summed E-state index contributed by atoms with van der Waals surface area (Å²) in [4.78, 5) is 6.77. The molecule has 2 aliphatic rings. The molecule has 1 aromatic carbocycles. The van der Waals surface area contributed by atoms with Crippen molar-refractivity contribution in [1.82, 2.24) is 9.88 Å². The second-order valence-corrected chi connectivity index (χ2v) is 7.63. The predicted octanol–water partition coefficient (Wildman–Crippen LogP) is 3.63. The molecule has 2 unspecified atom stereocenters. The molecule has 3 nitrogen and oxygen atoms in total. The van der Waals surface area contributed by atoms with Crippen LogP contribution in [0.1, 0.15) is 23.2 Å². The van der Waals surface area contributed by atoms with Crippen molar-refractivity contribution in [2.75, 3.05) is 13.1 Å². The van der Waals surface area contributed by atoms with E-state index in [1.54, 1.807) is 12.3 Å². The summed E-state index contributed by atoms with van der Waals surface area (Å²) in [7, 11) is 0. The van der Waals surface area contributed by atoms with Gasteiger partial charge in [0.25, 0.3) is 0 Å². The van der Waals surface area contributed by atoms with Crippen molar-refractivity contribution in [3.63, 3.8) is 0 Å². The molecule has 0 amide bonds. The van der Waals surface area contributed by atoms with Crippen LogP contribution in [-0.2, 0) is 12.0 Å². The van der Waals surface area contributed by atoms with E-state index in [2.05, 4.69) is 57.0 Å². The molecule has 1 aliphatic carbocycles. The van der Waals surface area contributed by atoms with Crippen molar-refractivity contribution in [3.8, 4) is 5.75 Å². The lowest BCUT2D eigenvalue weighted by molar-refractivity contribution is 0.281. The molecule has 4 rings (SSSR count). The summed E-state index contributed by atoms with van der Waals surface area (Å²) in [5.74, 6) is 1.03. The molecule has 2 aromatic rings. The molecule has 22 heavy (non-hydrogen) atoms. The quantitative estimate of drug-likeness (QED) is 0.909. The Labute approximate surface area is 139 Å². The van der Waals surface area contributed by atoms with Crippen LogP contribution in [0.2, 0.25) is 0 Å². The molecule has 1 saturated carbocycles. The Morgan fingerprint density at radius 3 is 2.86 bits per heavy atom. The van der Waals surface area contributed by atoms with Crippen LogP contribution in [0.15, 0.2) is 41.0 Å². The number of hydrogen-bond acceptors (Lipinski definition) is 3. The Morgan fingerprint density at radius 2 is 2.14 bits per heavy atom. The molecule has 1 saturated heterocycles. The number of fused-ring (bicyclic) bond motifs is 1. The lowest BCUT2D eigenvalue weighted by Crippen LogP contribution is -2.26. The molecule has 0 spiro atoms. The Balaban J connectivity index is 1.50. The zero-order chi connectivity index (χ0) is 15.3. The van der Waals surface area contributed by atoms with Gasteiger partial charge in [0.15, 0.2) is 0 Å². The Bertz CT molecular complexity index is 716. The average molecular weight is 359 g/mol. The van der Waals surface area contributed by atoms with Crippen molar-refractivity contribution in [2.45, 2.75) is 25.3 Å². The summed E-state index contributed by atoms with van der Waals surface area (Å²) < 4.78 is 0.814. The maximum atomic E-state index is 10.0. The Hall–Kier alpha value is -1.39. The molecule has 0 radical (unpaired) electrons. The third kappa shape index (κ3) is 2.34. The smallest absolute Gasteiger partial charge is 0.139 e. The summed E-state index contributed by atoms with van der Waals surface area (Å²) in [6, 6.07) is 10.7. The predicted molar refractivity (Wildman–Crippen MR) is 89.8 cm³/mol. The number of halogens is 1. The van der Waals surface area contributed by atoms with Gasteiger partial charge in [0.2, 0.25) is 0 Å². The maximum Gasteiger partial charge on any atom is 0.139 e. The van der Waals surface area contributed by atoms with E-state index in [1.807, 2.05) is 0 Å². The van der Waals surface area contributed by atoms with Crippen molar-refractivity contribution < 1.29 is 5.11 Å². The van der Waals surface area contributed by atoms with E-state index in [0.717, 1.165) is 35.7 Å². The summed E-state index contributed by atoms with van der Waals surface area (Å²) in [6.45, 7) is 5.03. The third-order valence-corrected chi connectivity index (χ3v) is 5.56. The maximum absolute atomic E-state index is 10.0. The van der Waals surface area contributed by atoms with Gasteiger partial charge in [0.05, 0.1) is 5.69 Å². The van der Waals surface area contributed by atoms with E-state index in [-0.39, 0.29) is 5.75 Å². The van der Waals surface area contributed by atoms with Gasteiger partial charge in [-0.15, -0.1) is 0 Å². The summed E-state index contributed by atoms with van der Waals surface area (Å²) in [5, 5.41) is 10.0. The molecule has 0 bridgehead atoms. The number of hydrogen-bond donors (Lipinski definition) is 1. The summed E-state index contributed by atoms with van der Waals surface area (Å²) in [5.41, 5.74) is 3.90. The Morgan fingerprint density at radius 1 is 1.36 bits per heavy atom. The number of aryl methyl sites for hydroxylation is 1. The zero-order valence-corrected chi connectivity index (χ0v) is 14.2. The van der Waals surface area contributed by atoms with Gasteiger partial charge in [-0.2, -0.15) is 0 Å². The second kappa shape index (κ2) is 5.07. The molecule has 1 N–H and O–H groups in total. The highest BCUT2D eigenvalue weighted by Crippen LogP contribution is 2.59. The van der Waals surface area contributed by atoms with E-state index < -0.39 is 0 Å². The molecule has 4 heteroatoms. The number of aromatic hydroxyl groups is 1. The summed E-state index contributed by atoms with van der Waals surface area (Å²) >= 11 is 3.33. The highest BCUT2D eigenvalue weighted by atomic mass is 79.9. The van der Waals surface area contributed by atoms with Crippen LogP contribution in [-0.4, -0.2) is 28.1 Å². The van der Waals surface area contributed by atoms with Gasteiger partial charge in [0.1, 0.15) is 5.75 Å². The van der Waals surface area contributed by atoms with Gasteiger partial charge in [-0.1, -0.05) is 29.8 Å². The molecule has 2 fully saturated rings. The standard InChI is InChI=1S/C18H19BrN2O/c1-12-2-4-13(5-3-12)18-7-14(18)9-21(11-18)10-16-17(22)6-15(19)8-20-16/h2-6,8,14,22H,7,9-11H2,1H3. The van der Waals surface area contributed by atoms with E-state index in [1.165, 1.54) is 17.5 Å². The van der Waals surface area contributed by atoms with Crippen molar-refractivity contribution in [3.05, 3.63) is 57.8 Å². The van der Waals surface area contributed by atoms with Crippen LogP contribution in [0.4, 0.5) is 0 Å². The van der Waals surface area contributed by atoms with Crippen molar-refractivity contribution in [1.29, 1.82) is 0 Å². The first-order valence-electron chi connectivity index (χ1n) is 7.70. The van der Waals surface area contributed by atoms with Crippen LogP contribution in [0.25, 0.3) is 0 Å². The molecular formula is C18H19BrN2O. The summed E-state index contributed by atoms with van der Waals surface area (Å²) in [6.07, 6.45) is 3.05. The van der Waals surface area contributed by atoms with Gasteiger partial charge >= 0.3 is 0 Å². The monoisotopic (exact) mass is 358 g/mol. The SMILES string of the molecule is Cc1ccc(C23CC2CN(Cc2ncc(Br)cc2O)C3)cc1. The van der Waals surface area contributed by atoms with E-state index in [9.17, 15) is 5.11 Å². The van der Waals surface area contributed by atoms with Crippen LogP contribution in [0, 0.1) is 12.8 Å². The van der Waals surface area contributed by atoms with Crippen LogP contribution < -0.4 is 0 Å². The zero-order valence-electron chi connectivity index (χ0n) is 12.6. The molecular weight excluding hydrogens is 340 g/mol. The minimum Gasteiger partial charge on any atom is -0.506 e. The van der Waals surface area contributed by atoms with E-state index in [0.29, 0.717) is 5.41 Å². The molecule has 1 aliphatic heterocycles. The fraction of sp³-hybridized carbons (Fsp3) is 0.389. The van der Waals surface area contributed by atoms with Crippen LogP contribution >= 0.6 is 15.9 Å². The first-order valence-corrected chi connectivity index (χ1v) is 8.49. The number of pyridine rings is 1. The average Bonchev–Trinajstić information content (AvgIpc) is 3.05. The van der Waals surface area contributed by atoms with Gasteiger partial charge in [-0.05, 0) is 46.8 Å². The third-order valence-electron chi connectivity index (χ3n) is 5.13. The topological polar surface area (TPSA) is 36.4 Å². The minimum atomic E-state index is 0.277. The van der Waals surface area contributed by atoms with Gasteiger partial charge in [0, 0.05) is 35.7 Å². The second-order valence-electron chi connectivity index (χ2n) is 6.71. The van der Waals surface area contributed by atoms with Crippen molar-refractivity contribution >= 4 is 15.9 Å². The number of rotatable bonds is 3. The lowest BCUT2D eigenvalue weighted by Gasteiger charge is -2.21. The molecule has 2 heterocycles. The van der Waals surface area contributed by atoms with E-state index in [4.69, 9.17) is 0 Å². The molecule has 1 aromatic heterocycles. The highest BCUT2D eigenvalue weighted by Gasteiger charge is 2.60. The fourth-order valence-electron chi connectivity index (χ4n) is 3.83. The van der Waals surface area contributed by atoms with Gasteiger partial charge < -0.3 is 5.11 Å².